The lowest BCUT2D eigenvalue weighted by Gasteiger charge is -2.29. The molecule has 0 amide bonds. The van der Waals surface area contributed by atoms with Crippen molar-refractivity contribution in [1.82, 2.24) is 4.90 Å². The predicted octanol–water partition coefficient (Wildman–Crippen LogP) is 2.88. The molecule has 0 aromatic heterocycles. The molecule has 168 valence electrons. The topological polar surface area (TPSA) is 122 Å². The Balaban J connectivity index is 2.06. The highest BCUT2D eigenvalue weighted by molar-refractivity contribution is 5.69. The zero-order valence-corrected chi connectivity index (χ0v) is 17.7. The number of nitro groups is 1. The van der Waals surface area contributed by atoms with Crippen LogP contribution in [0.1, 0.15) is 24.0 Å². The Morgan fingerprint density at radius 3 is 2.42 bits per heavy atom. The fourth-order valence-corrected chi connectivity index (χ4v) is 3.40. The Morgan fingerprint density at radius 1 is 1.16 bits per heavy atom. The molecule has 2 aromatic rings. The molecule has 0 fully saturated rings. The summed E-state index contributed by atoms with van der Waals surface area (Å²) in [6.07, 6.45) is 1.93. The minimum atomic E-state index is -0.985. The number of carboxylic acids is 1. The fourth-order valence-electron chi connectivity index (χ4n) is 3.40. The van der Waals surface area contributed by atoms with E-state index in [-0.39, 0.29) is 24.9 Å². The minimum Gasteiger partial charge on any atom is -0.497 e. The van der Waals surface area contributed by atoms with E-state index >= 15 is 0 Å². The molecular formula is C22H28N2O7. The van der Waals surface area contributed by atoms with Crippen molar-refractivity contribution in [1.29, 1.82) is 0 Å². The number of nitrogens with zero attached hydrogens (tertiary/aromatic N) is 2. The van der Waals surface area contributed by atoms with Gasteiger partial charge in [0, 0.05) is 36.3 Å². The first-order valence-electron chi connectivity index (χ1n) is 9.88. The van der Waals surface area contributed by atoms with Gasteiger partial charge in [0.05, 0.1) is 32.3 Å². The molecule has 31 heavy (non-hydrogen) atoms. The van der Waals surface area contributed by atoms with Crippen molar-refractivity contribution >= 4 is 11.7 Å². The summed E-state index contributed by atoms with van der Waals surface area (Å²) in [6.45, 7) is -0.119. The number of carboxylic acid groups (broad SMARTS) is 1. The van der Waals surface area contributed by atoms with Gasteiger partial charge in [-0.3, -0.25) is 19.8 Å². The second-order valence-corrected chi connectivity index (χ2v) is 7.13. The number of nitro benzene ring substituents is 1. The molecule has 0 aliphatic carbocycles. The Kier molecular flexibility index (Phi) is 9.23. The maximum Gasteiger partial charge on any atom is 0.317 e. The maximum absolute atomic E-state index is 11.4. The summed E-state index contributed by atoms with van der Waals surface area (Å²) in [7, 11) is 3.09. The molecule has 0 radical (unpaired) electrons. The van der Waals surface area contributed by atoms with Gasteiger partial charge in [-0.15, -0.1) is 0 Å². The van der Waals surface area contributed by atoms with Crippen molar-refractivity contribution in [2.24, 2.45) is 0 Å². The quantitative estimate of drug-likeness (QED) is 0.366. The molecule has 1 unspecified atom stereocenters. The van der Waals surface area contributed by atoms with Gasteiger partial charge in [0.25, 0.3) is 5.69 Å². The van der Waals surface area contributed by atoms with Crippen LogP contribution in [0, 0.1) is 10.1 Å². The first-order valence-corrected chi connectivity index (χ1v) is 9.88. The van der Waals surface area contributed by atoms with Crippen molar-refractivity contribution in [2.45, 2.75) is 31.8 Å². The largest absolute Gasteiger partial charge is 0.497 e. The molecule has 2 N–H and O–H groups in total. The number of methoxy groups -OCH3 is 2. The third-order valence-electron chi connectivity index (χ3n) is 5.08. The number of non-ortho nitro benzene ring substituents is 1. The van der Waals surface area contributed by atoms with Crippen LogP contribution in [0.15, 0.2) is 42.5 Å². The molecule has 9 heteroatoms. The van der Waals surface area contributed by atoms with Crippen LogP contribution in [0.4, 0.5) is 5.69 Å². The van der Waals surface area contributed by atoms with E-state index in [2.05, 4.69) is 0 Å². The summed E-state index contributed by atoms with van der Waals surface area (Å²) < 4.78 is 10.6. The van der Waals surface area contributed by atoms with Crippen LogP contribution < -0.4 is 9.47 Å². The number of aliphatic hydroxyl groups is 1. The summed E-state index contributed by atoms with van der Waals surface area (Å²) in [4.78, 5) is 23.5. The number of ether oxygens (including phenoxy) is 2. The summed E-state index contributed by atoms with van der Waals surface area (Å²) >= 11 is 0. The Morgan fingerprint density at radius 2 is 1.87 bits per heavy atom. The van der Waals surface area contributed by atoms with E-state index in [4.69, 9.17) is 9.47 Å². The number of rotatable bonds is 13. The van der Waals surface area contributed by atoms with E-state index in [0.29, 0.717) is 37.3 Å². The molecular weight excluding hydrogens is 404 g/mol. The number of aliphatic hydroxyl groups excluding tert-OH is 1. The average Bonchev–Trinajstić information content (AvgIpc) is 2.76. The van der Waals surface area contributed by atoms with Gasteiger partial charge in [-0.2, -0.15) is 0 Å². The first kappa shape index (κ1) is 24.1. The maximum atomic E-state index is 11.4. The lowest BCUT2D eigenvalue weighted by molar-refractivity contribution is -0.384. The van der Waals surface area contributed by atoms with E-state index in [1.807, 2.05) is 6.07 Å². The van der Waals surface area contributed by atoms with Crippen LogP contribution in [0.5, 0.6) is 11.5 Å². The molecule has 0 bridgehead atoms. The van der Waals surface area contributed by atoms with Gasteiger partial charge in [0.1, 0.15) is 11.5 Å². The Labute approximate surface area is 181 Å². The lowest BCUT2D eigenvalue weighted by Crippen LogP contribution is -2.41. The van der Waals surface area contributed by atoms with Crippen molar-refractivity contribution in [3.8, 4) is 11.5 Å². The van der Waals surface area contributed by atoms with Crippen LogP contribution in [-0.4, -0.2) is 59.4 Å². The smallest absolute Gasteiger partial charge is 0.317 e. The van der Waals surface area contributed by atoms with Crippen LogP contribution in [0.3, 0.4) is 0 Å². The summed E-state index contributed by atoms with van der Waals surface area (Å²) in [5.74, 6) is 0.228. The normalized spacial score (nSPS) is 11.9. The van der Waals surface area contributed by atoms with Crippen molar-refractivity contribution in [3.05, 3.63) is 63.7 Å². The van der Waals surface area contributed by atoms with Gasteiger partial charge in [-0.05, 0) is 30.9 Å². The molecule has 0 heterocycles. The molecule has 0 saturated heterocycles. The number of aryl methyl sites for hydroxylation is 1. The molecule has 0 aliphatic rings. The van der Waals surface area contributed by atoms with E-state index < -0.39 is 10.9 Å². The monoisotopic (exact) mass is 432 g/mol. The molecule has 9 nitrogen and oxygen atoms in total. The summed E-state index contributed by atoms with van der Waals surface area (Å²) in [5.41, 5.74) is 1.78. The van der Waals surface area contributed by atoms with Gasteiger partial charge in [-0.1, -0.05) is 18.2 Å². The summed E-state index contributed by atoms with van der Waals surface area (Å²) in [6, 6.07) is 11.3. The molecule has 2 rings (SSSR count). The summed E-state index contributed by atoms with van der Waals surface area (Å²) in [5, 5.41) is 30.0. The van der Waals surface area contributed by atoms with E-state index in [9.17, 15) is 25.1 Å². The number of carbonyl (C=O) groups is 1. The highest BCUT2D eigenvalue weighted by Crippen LogP contribution is 2.27. The SMILES string of the molecule is COc1ccc(CN(CC(=O)O)C(CO)CCCc2ccc([N+](=O)[O-])cc2)c(OC)c1. The zero-order valence-electron chi connectivity index (χ0n) is 17.7. The average molecular weight is 432 g/mol. The molecule has 0 spiro atoms. The zero-order chi connectivity index (χ0) is 22.8. The van der Waals surface area contributed by atoms with E-state index in [0.717, 1.165) is 11.1 Å². The highest BCUT2D eigenvalue weighted by atomic mass is 16.6. The van der Waals surface area contributed by atoms with Crippen molar-refractivity contribution < 1.29 is 29.4 Å². The molecule has 0 saturated carbocycles. The van der Waals surface area contributed by atoms with Gasteiger partial charge < -0.3 is 19.7 Å². The number of hydrogen-bond acceptors (Lipinski definition) is 7. The molecule has 1 atom stereocenters. The second kappa shape index (κ2) is 11.9. The molecule has 0 aliphatic heterocycles. The van der Waals surface area contributed by atoms with Crippen molar-refractivity contribution in [3.63, 3.8) is 0 Å². The Bertz CT molecular complexity index is 871. The lowest BCUT2D eigenvalue weighted by atomic mass is 10.0. The van der Waals surface area contributed by atoms with E-state index in [1.54, 1.807) is 36.3 Å². The first-order chi connectivity index (χ1) is 14.9. The van der Waals surface area contributed by atoms with Crippen LogP contribution >= 0.6 is 0 Å². The number of aliphatic carboxylic acids is 1. The van der Waals surface area contributed by atoms with Gasteiger partial charge in [0.15, 0.2) is 0 Å². The van der Waals surface area contributed by atoms with Crippen LogP contribution in [0.2, 0.25) is 0 Å². The number of hydrogen-bond donors (Lipinski definition) is 2. The highest BCUT2D eigenvalue weighted by Gasteiger charge is 2.22. The molecule has 2 aromatic carbocycles. The van der Waals surface area contributed by atoms with E-state index in [1.165, 1.54) is 19.2 Å². The predicted molar refractivity (Wildman–Crippen MR) is 115 cm³/mol. The van der Waals surface area contributed by atoms with Crippen molar-refractivity contribution in [2.75, 3.05) is 27.4 Å². The minimum absolute atomic E-state index is 0.0399. The number of benzene rings is 2. The van der Waals surface area contributed by atoms with Gasteiger partial charge in [0.2, 0.25) is 0 Å². The van der Waals surface area contributed by atoms with Gasteiger partial charge >= 0.3 is 5.97 Å². The third kappa shape index (κ3) is 7.23. The Hall–Kier alpha value is -3.17. The second-order valence-electron chi connectivity index (χ2n) is 7.13. The third-order valence-corrected chi connectivity index (χ3v) is 5.08. The van der Waals surface area contributed by atoms with Crippen LogP contribution in [0.25, 0.3) is 0 Å². The van der Waals surface area contributed by atoms with Crippen LogP contribution in [-0.2, 0) is 17.8 Å². The fraction of sp³-hybridized carbons (Fsp3) is 0.409. The standard InChI is InChI=1S/C22H28N2O7/c1-30-20-11-8-17(21(12-20)31-2)13-23(14-22(26)27)19(15-25)5-3-4-16-6-9-18(10-7-16)24(28)29/h6-12,19,25H,3-5,13-15H2,1-2H3,(H,26,27). The van der Waals surface area contributed by atoms with Gasteiger partial charge in [-0.25, -0.2) is 0 Å².